The lowest BCUT2D eigenvalue weighted by Gasteiger charge is -2.01. The first-order chi connectivity index (χ1) is 9.31. The molecule has 0 atom stereocenters. The zero-order valence-corrected chi connectivity index (χ0v) is 13.3. The third-order valence-corrected chi connectivity index (χ3v) is 3.37. The van der Waals surface area contributed by atoms with E-state index < -0.39 is 0 Å². The molecule has 3 rings (SSSR count). The molecule has 0 aliphatic carbocycles. The second-order valence-corrected chi connectivity index (χ2v) is 4.98. The van der Waals surface area contributed by atoms with Crippen molar-refractivity contribution < 1.29 is 0 Å². The highest BCUT2D eigenvalue weighted by Gasteiger charge is 2.05. The molecule has 0 aromatic carbocycles. The van der Waals surface area contributed by atoms with Crippen molar-refractivity contribution in [3.63, 3.8) is 0 Å². The second-order valence-electron chi connectivity index (χ2n) is 4.12. The van der Waals surface area contributed by atoms with Crippen LogP contribution < -0.4 is 5.32 Å². The van der Waals surface area contributed by atoms with Gasteiger partial charge in [-0.2, -0.15) is 0 Å². The van der Waals surface area contributed by atoms with E-state index in [0.717, 1.165) is 22.2 Å². The van der Waals surface area contributed by atoms with E-state index in [-0.39, 0.29) is 17.0 Å². The van der Waals surface area contributed by atoms with Crippen molar-refractivity contribution in [3.8, 4) is 11.3 Å². The van der Waals surface area contributed by atoms with Gasteiger partial charge in [-0.25, -0.2) is 9.97 Å². The first kappa shape index (κ1) is 14.6. The molecule has 3 aromatic rings. The summed E-state index contributed by atoms with van der Waals surface area (Å²) in [5.41, 5.74) is 3.11. The lowest BCUT2D eigenvalue weighted by molar-refractivity contribution is 1.26. The fraction of sp³-hybridized carbons (Fsp3) is 0.0714. The number of rotatable bonds is 3. The molecule has 0 amide bonds. The van der Waals surface area contributed by atoms with Gasteiger partial charge in [-0.15, -0.1) is 28.3 Å². The molecule has 0 unspecified atom stereocenters. The molecule has 0 aliphatic rings. The number of pyridine rings is 2. The minimum atomic E-state index is 0. The maximum Gasteiger partial charge on any atom is 0.188 e. The van der Waals surface area contributed by atoms with E-state index in [1.807, 2.05) is 42.8 Å². The van der Waals surface area contributed by atoms with Gasteiger partial charge in [0.15, 0.2) is 5.13 Å². The van der Waals surface area contributed by atoms with Crippen LogP contribution in [0.25, 0.3) is 11.3 Å². The average Bonchev–Trinajstić information content (AvgIpc) is 2.88. The van der Waals surface area contributed by atoms with Gasteiger partial charge in [0.05, 0.1) is 5.69 Å². The van der Waals surface area contributed by atoms with E-state index in [1.165, 1.54) is 5.56 Å². The van der Waals surface area contributed by atoms with Crippen LogP contribution in [-0.4, -0.2) is 15.0 Å². The van der Waals surface area contributed by atoms with E-state index in [1.54, 1.807) is 23.7 Å². The number of hydrogen-bond donors (Lipinski definition) is 1. The quantitative estimate of drug-likeness (QED) is 0.769. The van der Waals surface area contributed by atoms with E-state index in [0.29, 0.717) is 0 Å². The number of nitrogens with one attached hydrogen (secondary N) is 1. The summed E-state index contributed by atoms with van der Waals surface area (Å²) in [5.74, 6) is 0.812. The van der Waals surface area contributed by atoms with Crippen LogP contribution >= 0.6 is 28.3 Å². The number of halogens is 1. The third kappa shape index (κ3) is 3.40. The van der Waals surface area contributed by atoms with Gasteiger partial charge >= 0.3 is 0 Å². The van der Waals surface area contributed by atoms with Crippen LogP contribution in [-0.2, 0) is 0 Å². The molecule has 0 aliphatic heterocycles. The van der Waals surface area contributed by atoms with Gasteiger partial charge in [0.2, 0.25) is 0 Å². The van der Waals surface area contributed by atoms with Crippen molar-refractivity contribution in [1.29, 1.82) is 0 Å². The summed E-state index contributed by atoms with van der Waals surface area (Å²) in [4.78, 5) is 12.9. The zero-order valence-electron chi connectivity index (χ0n) is 10.8. The second kappa shape index (κ2) is 6.58. The number of anilines is 2. The normalized spacial score (nSPS) is 9.85. The summed E-state index contributed by atoms with van der Waals surface area (Å²) >= 11 is 1.56. The number of thiazole rings is 1. The standard InChI is InChI=1S/C14H12N4S.BrH/c1-10-4-6-16-13(7-10)18-14-17-12(9-19-14)11-3-2-5-15-8-11;/h2-9H,1H3,(H,16,17,18);1H. The molecule has 20 heavy (non-hydrogen) atoms. The summed E-state index contributed by atoms with van der Waals surface area (Å²) in [6.07, 6.45) is 5.35. The van der Waals surface area contributed by atoms with Crippen molar-refractivity contribution in [2.45, 2.75) is 6.92 Å². The first-order valence-electron chi connectivity index (χ1n) is 5.87. The van der Waals surface area contributed by atoms with Crippen molar-refractivity contribution in [2.24, 2.45) is 0 Å². The van der Waals surface area contributed by atoms with E-state index >= 15 is 0 Å². The minimum absolute atomic E-state index is 0. The van der Waals surface area contributed by atoms with Crippen molar-refractivity contribution in [2.75, 3.05) is 5.32 Å². The molecule has 3 aromatic heterocycles. The lowest BCUT2D eigenvalue weighted by Crippen LogP contribution is -1.93. The third-order valence-electron chi connectivity index (χ3n) is 2.61. The smallest absolute Gasteiger partial charge is 0.188 e. The minimum Gasteiger partial charge on any atom is -0.316 e. The lowest BCUT2D eigenvalue weighted by atomic mass is 10.2. The molecule has 0 spiro atoms. The highest BCUT2D eigenvalue weighted by atomic mass is 79.9. The van der Waals surface area contributed by atoms with Crippen LogP contribution in [0.4, 0.5) is 10.9 Å². The Morgan fingerprint density at radius 1 is 1.20 bits per heavy atom. The van der Waals surface area contributed by atoms with Gasteiger partial charge in [0.1, 0.15) is 5.82 Å². The Morgan fingerprint density at radius 3 is 2.85 bits per heavy atom. The molecule has 102 valence electrons. The number of aryl methyl sites for hydroxylation is 1. The topological polar surface area (TPSA) is 50.7 Å². The Bertz CT molecular complexity index is 684. The summed E-state index contributed by atoms with van der Waals surface area (Å²) in [5, 5.41) is 6.05. The van der Waals surface area contributed by atoms with Crippen molar-refractivity contribution in [1.82, 2.24) is 15.0 Å². The molecule has 0 saturated carbocycles. The molecule has 3 heterocycles. The van der Waals surface area contributed by atoms with E-state index in [4.69, 9.17) is 0 Å². The van der Waals surface area contributed by atoms with Crippen LogP contribution in [0, 0.1) is 6.92 Å². The van der Waals surface area contributed by atoms with Gasteiger partial charge in [0, 0.05) is 29.5 Å². The van der Waals surface area contributed by atoms with Gasteiger partial charge in [-0.1, -0.05) is 0 Å². The predicted molar refractivity (Wildman–Crippen MR) is 87.9 cm³/mol. The summed E-state index contributed by atoms with van der Waals surface area (Å²) in [7, 11) is 0. The van der Waals surface area contributed by atoms with E-state index in [2.05, 4.69) is 20.3 Å². The molecule has 0 saturated heterocycles. The van der Waals surface area contributed by atoms with Crippen LogP contribution in [0.1, 0.15) is 5.56 Å². The molecule has 4 nitrogen and oxygen atoms in total. The Morgan fingerprint density at radius 2 is 2.10 bits per heavy atom. The number of aromatic nitrogens is 3. The molecular formula is C14H13BrN4S. The Hall–Kier alpha value is -1.79. The average molecular weight is 349 g/mol. The summed E-state index contributed by atoms with van der Waals surface area (Å²) in [6, 6.07) is 7.86. The monoisotopic (exact) mass is 348 g/mol. The van der Waals surface area contributed by atoms with Crippen LogP contribution in [0.15, 0.2) is 48.2 Å². The van der Waals surface area contributed by atoms with Crippen LogP contribution in [0.3, 0.4) is 0 Å². The molecule has 1 N–H and O–H groups in total. The van der Waals surface area contributed by atoms with E-state index in [9.17, 15) is 0 Å². The maximum absolute atomic E-state index is 4.53. The summed E-state index contributed by atoms with van der Waals surface area (Å²) in [6.45, 7) is 2.04. The van der Waals surface area contributed by atoms with Crippen molar-refractivity contribution in [3.05, 3.63) is 53.8 Å². The SMILES string of the molecule is Br.Cc1ccnc(Nc2nc(-c3cccnc3)cs2)c1. The number of nitrogens with zero attached hydrogens (tertiary/aromatic N) is 3. The first-order valence-corrected chi connectivity index (χ1v) is 6.75. The highest BCUT2D eigenvalue weighted by molar-refractivity contribution is 8.93. The Labute approximate surface area is 131 Å². The molecule has 0 bridgehead atoms. The predicted octanol–water partition coefficient (Wildman–Crippen LogP) is 4.23. The van der Waals surface area contributed by atoms with Crippen LogP contribution in [0.5, 0.6) is 0 Å². The van der Waals surface area contributed by atoms with Gasteiger partial charge in [-0.3, -0.25) is 4.98 Å². The number of hydrogen-bond acceptors (Lipinski definition) is 5. The van der Waals surface area contributed by atoms with Gasteiger partial charge < -0.3 is 5.32 Å². The van der Waals surface area contributed by atoms with Gasteiger partial charge in [0.25, 0.3) is 0 Å². The van der Waals surface area contributed by atoms with Crippen LogP contribution in [0.2, 0.25) is 0 Å². The molecule has 6 heteroatoms. The maximum atomic E-state index is 4.53. The molecule has 0 radical (unpaired) electrons. The molecular weight excluding hydrogens is 336 g/mol. The Balaban J connectivity index is 0.00000147. The fourth-order valence-electron chi connectivity index (χ4n) is 1.69. The zero-order chi connectivity index (χ0) is 13.1. The highest BCUT2D eigenvalue weighted by Crippen LogP contribution is 2.26. The van der Waals surface area contributed by atoms with Crippen molar-refractivity contribution >= 4 is 39.3 Å². The summed E-state index contributed by atoms with van der Waals surface area (Å²) < 4.78 is 0. The molecule has 0 fully saturated rings. The fourth-order valence-corrected chi connectivity index (χ4v) is 2.42. The van der Waals surface area contributed by atoms with Gasteiger partial charge in [-0.05, 0) is 36.8 Å². The Kier molecular flexibility index (Phi) is 4.81. The largest absolute Gasteiger partial charge is 0.316 e.